The Kier molecular flexibility index (Phi) is 7.23. The summed E-state index contributed by atoms with van der Waals surface area (Å²) < 4.78 is 5.90. The molecule has 7 nitrogen and oxygen atoms in total. The minimum Gasteiger partial charge on any atom is -0.490 e. The number of halogens is 1. The van der Waals surface area contributed by atoms with Crippen LogP contribution in [-0.4, -0.2) is 41.0 Å². The average molecular weight is 384 g/mol. The highest BCUT2D eigenvalue weighted by atomic mass is 35.5. The first-order chi connectivity index (χ1) is 12.0. The Morgan fingerprint density at radius 3 is 2.38 bits per heavy atom. The van der Waals surface area contributed by atoms with Crippen LogP contribution < -0.4 is 10.5 Å². The summed E-state index contributed by atoms with van der Waals surface area (Å²) in [5.41, 5.74) is 6.05. The average Bonchev–Trinajstić information content (AvgIpc) is 2.62. The highest BCUT2D eigenvalue weighted by Gasteiger charge is 2.31. The summed E-state index contributed by atoms with van der Waals surface area (Å²) in [5, 5.41) is 10.7. The monoisotopic (exact) mass is 383 g/mol. The highest BCUT2D eigenvalue weighted by molar-refractivity contribution is 5.85. The minimum absolute atomic E-state index is 0. The number of hydrogen-bond donors (Lipinski definition) is 1. The van der Waals surface area contributed by atoms with Crippen LogP contribution in [0.15, 0.2) is 24.3 Å². The lowest BCUT2D eigenvalue weighted by molar-refractivity contribution is -0.384. The van der Waals surface area contributed by atoms with Gasteiger partial charge in [0.05, 0.1) is 4.92 Å². The van der Waals surface area contributed by atoms with Gasteiger partial charge in [-0.3, -0.25) is 14.9 Å². The van der Waals surface area contributed by atoms with Gasteiger partial charge in [0.15, 0.2) is 0 Å². The molecular formula is C18H26ClN3O4. The van der Waals surface area contributed by atoms with Crippen molar-refractivity contribution in [1.82, 2.24) is 4.90 Å². The Hall–Kier alpha value is -1.86. The van der Waals surface area contributed by atoms with Crippen molar-refractivity contribution in [2.75, 3.05) is 13.1 Å². The van der Waals surface area contributed by atoms with Gasteiger partial charge in [-0.05, 0) is 31.4 Å². The van der Waals surface area contributed by atoms with Crippen molar-refractivity contribution in [2.24, 2.45) is 11.7 Å². The molecule has 2 aliphatic rings. The van der Waals surface area contributed by atoms with E-state index in [-0.39, 0.29) is 42.1 Å². The molecule has 1 aliphatic heterocycles. The fourth-order valence-electron chi connectivity index (χ4n) is 3.74. The van der Waals surface area contributed by atoms with E-state index in [0.29, 0.717) is 18.8 Å². The first kappa shape index (κ1) is 20.5. The summed E-state index contributed by atoms with van der Waals surface area (Å²) in [6.45, 7) is 1.39. The van der Waals surface area contributed by atoms with Crippen LogP contribution in [0, 0.1) is 16.0 Å². The van der Waals surface area contributed by atoms with Gasteiger partial charge in [0.2, 0.25) is 5.91 Å². The molecule has 0 spiro atoms. The number of carbonyl (C=O) groups excluding carboxylic acids is 1. The number of amides is 1. The number of non-ortho nitro benzene ring substituents is 1. The van der Waals surface area contributed by atoms with Crippen LogP contribution in [-0.2, 0) is 4.79 Å². The quantitative estimate of drug-likeness (QED) is 0.636. The SMILES string of the molecule is Cl.NC1CCCC(C(=O)N2CCC(Oc3ccc([N+](=O)[O-])cc3)CC2)C1. The molecule has 2 N–H and O–H groups in total. The summed E-state index contributed by atoms with van der Waals surface area (Å²) in [7, 11) is 0. The molecule has 1 aromatic carbocycles. The van der Waals surface area contributed by atoms with Crippen molar-refractivity contribution in [3.8, 4) is 5.75 Å². The van der Waals surface area contributed by atoms with Gasteiger partial charge in [-0.15, -0.1) is 12.4 Å². The van der Waals surface area contributed by atoms with Crippen LogP contribution >= 0.6 is 12.4 Å². The van der Waals surface area contributed by atoms with E-state index in [2.05, 4.69) is 0 Å². The number of nitrogens with two attached hydrogens (primary N) is 1. The predicted octanol–water partition coefficient (Wildman–Crippen LogP) is 2.90. The third-order valence-corrected chi connectivity index (χ3v) is 5.17. The summed E-state index contributed by atoms with van der Waals surface area (Å²) >= 11 is 0. The maximum atomic E-state index is 12.6. The number of rotatable bonds is 4. The zero-order valence-electron chi connectivity index (χ0n) is 14.7. The summed E-state index contributed by atoms with van der Waals surface area (Å²) in [4.78, 5) is 24.8. The van der Waals surface area contributed by atoms with E-state index in [1.807, 2.05) is 4.90 Å². The molecule has 1 saturated heterocycles. The molecule has 0 bridgehead atoms. The Morgan fingerprint density at radius 2 is 1.81 bits per heavy atom. The molecule has 2 fully saturated rings. The number of nitro benzene ring substituents is 1. The van der Waals surface area contributed by atoms with Gasteiger partial charge in [0.1, 0.15) is 11.9 Å². The second-order valence-electron chi connectivity index (χ2n) is 7.02. The number of likely N-dealkylation sites (tertiary alicyclic amines) is 1. The first-order valence-corrected chi connectivity index (χ1v) is 8.98. The van der Waals surface area contributed by atoms with Gasteiger partial charge in [-0.2, -0.15) is 0 Å². The maximum absolute atomic E-state index is 12.6. The highest BCUT2D eigenvalue weighted by Crippen LogP contribution is 2.27. The van der Waals surface area contributed by atoms with Crippen LogP contribution in [0.2, 0.25) is 0 Å². The fourth-order valence-corrected chi connectivity index (χ4v) is 3.74. The van der Waals surface area contributed by atoms with Crippen molar-refractivity contribution >= 4 is 24.0 Å². The largest absolute Gasteiger partial charge is 0.490 e. The molecular weight excluding hydrogens is 358 g/mol. The van der Waals surface area contributed by atoms with Crippen LogP contribution in [0.4, 0.5) is 5.69 Å². The molecule has 3 rings (SSSR count). The molecule has 2 atom stereocenters. The fraction of sp³-hybridized carbons (Fsp3) is 0.611. The summed E-state index contributed by atoms with van der Waals surface area (Å²) in [6.07, 6.45) is 5.41. The van der Waals surface area contributed by atoms with Gasteiger partial charge >= 0.3 is 0 Å². The van der Waals surface area contributed by atoms with E-state index >= 15 is 0 Å². The van der Waals surface area contributed by atoms with Crippen molar-refractivity contribution in [3.63, 3.8) is 0 Å². The Bertz CT molecular complexity index is 617. The van der Waals surface area contributed by atoms with Crippen molar-refractivity contribution < 1.29 is 14.5 Å². The third kappa shape index (κ3) is 5.08. The van der Waals surface area contributed by atoms with E-state index in [0.717, 1.165) is 38.5 Å². The van der Waals surface area contributed by atoms with E-state index in [4.69, 9.17) is 10.5 Å². The molecule has 1 amide bonds. The molecule has 8 heteroatoms. The molecule has 1 heterocycles. The van der Waals surface area contributed by atoms with Crippen molar-refractivity contribution in [1.29, 1.82) is 0 Å². The minimum atomic E-state index is -0.426. The number of piperidine rings is 1. The van der Waals surface area contributed by atoms with E-state index in [9.17, 15) is 14.9 Å². The molecule has 1 saturated carbocycles. The number of benzene rings is 1. The second kappa shape index (κ2) is 9.19. The van der Waals surface area contributed by atoms with Gasteiger partial charge in [0.25, 0.3) is 5.69 Å². The Labute approximate surface area is 159 Å². The number of nitrogens with zero attached hydrogens (tertiary/aromatic N) is 2. The van der Waals surface area contributed by atoms with Crippen molar-refractivity contribution in [3.05, 3.63) is 34.4 Å². The zero-order chi connectivity index (χ0) is 17.8. The maximum Gasteiger partial charge on any atom is 0.269 e. The summed E-state index contributed by atoms with van der Waals surface area (Å²) in [5.74, 6) is 0.952. The lowest BCUT2D eigenvalue weighted by Crippen LogP contribution is -2.46. The predicted molar refractivity (Wildman–Crippen MR) is 101 cm³/mol. The van der Waals surface area contributed by atoms with Gasteiger partial charge in [0, 0.05) is 50.0 Å². The van der Waals surface area contributed by atoms with E-state index in [1.165, 1.54) is 12.1 Å². The number of hydrogen-bond acceptors (Lipinski definition) is 5. The number of carbonyl (C=O) groups is 1. The van der Waals surface area contributed by atoms with E-state index < -0.39 is 4.92 Å². The Morgan fingerprint density at radius 1 is 1.15 bits per heavy atom. The van der Waals surface area contributed by atoms with Crippen LogP contribution in [0.5, 0.6) is 5.75 Å². The normalized spacial score (nSPS) is 23.8. The lowest BCUT2D eigenvalue weighted by atomic mass is 9.85. The van der Waals surface area contributed by atoms with Crippen LogP contribution in [0.3, 0.4) is 0 Å². The molecule has 26 heavy (non-hydrogen) atoms. The molecule has 1 aromatic rings. The van der Waals surface area contributed by atoms with Gasteiger partial charge < -0.3 is 15.4 Å². The van der Waals surface area contributed by atoms with Gasteiger partial charge in [-0.1, -0.05) is 6.42 Å². The molecule has 0 radical (unpaired) electrons. The number of nitro groups is 1. The van der Waals surface area contributed by atoms with E-state index in [1.54, 1.807) is 12.1 Å². The zero-order valence-corrected chi connectivity index (χ0v) is 15.5. The number of ether oxygens (including phenoxy) is 1. The molecule has 2 unspecified atom stereocenters. The lowest BCUT2D eigenvalue weighted by Gasteiger charge is -2.36. The topological polar surface area (TPSA) is 98.7 Å². The standard InChI is InChI=1S/C18H25N3O4.ClH/c19-14-3-1-2-13(12-14)18(22)20-10-8-17(9-11-20)25-16-6-4-15(5-7-16)21(23)24;/h4-7,13-14,17H,1-3,8-12,19H2;1H. The summed E-state index contributed by atoms with van der Waals surface area (Å²) in [6, 6.07) is 6.30. The van der Waals surface area contributed by atoms with Gasteiger partial charge in [-0.25, -0.2) is 0 Å². The van der Waals surface area contributed by atoms with Crippen molar-refractivity contribution in [2.45, 2.75) is 50.7 Å². The smallest absolute Gasteiger partial charge is 0.269 e. The molecule has 0 aromatic heterocycles. The van der Waals surface area contributed by atoms with Crippen LogP contribution in [0.25, 0.3) is 0 Å². The molecule has 1 aliphatic carbocycles. The van der Waals surface area contributed by atoms with Crippen LogP contribution in [0.1, 0.15) is 38.5 Å². The third-order valence-electron chi connectivity index (χ3n) is 5.17. The molecule has 144 valence electrons. The second-order valence-corrected chi connectivity index (χ2v) is 7.02. The first-order valence-electron chi connectivity index (χ1n) is 8.98. The Balaban J connectivity index is 0.00000243.